The standard InChI is InChI=1S/C11H15N3O/c12-10-5-3-9(4-6-10)11(15)14-8-2-1-7-13-14/h3-6,13H,1-2,7-8,12H2. The van der Waals surface area contributed by atoms with Crippen molar-refractivity contribution in [3.63, 3.8) is 0 Å². The van der Waals surface area contributed by atoms with Crippen molar-refractivity contribution in [3.8, 4) is 0 Å². The summed E-state index contributed by atoms with van der Waals surface area (Å²) in [6, 6.07) is 7.01. The molecule has 0 spiro atoms. The van der Waals surface area contributed by atoms with Crippen molar-refractivity contribution in [1.82, 2.24) is 10.4 Å². The van der Waals surface area contributed by atoms with Crippen LogP contribution in [0.2, 0.25) is 0 Å². The lowest BCUT2D eigenvalue weighted by Gasteiger charge is -2.27. The zero-order valence-electron chi connectivity index (χ0n) is 8.57. The number of nitrogens with two attached hydrogens (primary N) is 1. The van der Waals surface area contributed by atoms with E-state index < -0.39 is 0 Å². The number of nitrogens with one attached hydrogen (secondary N) is 1. The van der Waals surface area contributed by atoms with Gasteiger partial charge in [-0.25, -0.2) is 5.43 Å². The van der Waals surface area contributed by atoms with Crippen molar-refractivity contribution in [2.24, 2.45) is 0 Å². The van der Waals surface area contributed by atoms with Crippen LogP contribution in [0, 0.1) is 0 Å². The fourth-order valence-electron chi connectivity index (χ4n) is 1.64. The van der Waals surface area contributed by atoms with Gasteiger partial charge < -0.3 is 5.73 Å². The molecule has 0 aliphatic carbocycles. The first kappa shape index (κ1) is 9.98. The Hall–Kier alpha value is -1.55. The third-order valence-corrected chi connectivity index (χ3v) is 2.51. The summed E-state index contributed by atoms with van der Waals surface area (Å²) in [6.07, 6.45) is 2.19. The molecule has 15 heavy (non-hydrogen) atoms. The Morgan fingerprint density at radius 3 is 2.60 bits per heavy atom. The molecule has 1 saturated heterocycles. The van der Waals surface area contributed by atoms with Crippen molar-refractivity contribution < 1.29 is 4.79 Å². The fraction of sp³-hybridized carbons (Fsp3) is 0.364. The second kappa shape index (κ2) is 4.31. The van der Waals surface area contributed by atoms with E-state index in [0.717, 1.165) is 25.9 Å². The lowest BCUT2D eigenvalue weighted by atomic mass is 10.2. The number of anilines is 1. The maximum absolute atomic E-state index is 11.9. The Balaban J connectivity index is 2.09. The molecule has 1 aromatic carbocycles. The molecule has 3 N–H and O–H groups in total. The quantitative estimate of drug-likeness (QED) is 0.673. The van der Waals surface area contributed by atoms with Crippen LogP contribution in [-0.2, 0) is 0 Å². The number of carbonyl (C=O) groups is 1. The molecule has 0 saturated carbocycles. The number of nitrogen functional groups attached to an aromatic ring is 1. The van der Waals surface area contributed by atoms with E-state index in [-0.39, 0.29) is 5.91 Å². The van der Waals surface area contributed by atoms with Gasteiger partial charge in [-0.3, -0.25) is 9.80 Å². The summed E-state index contributed by atoms with van der Waals surface area (Å²) >= 11 is 0. The van der Waals surface area contributed by atoms with Gasteiger partial charge in [-0.2, -0.15) is 0 Å². The van der Waals surface area contributed by atoms with Gasteiger partial charge in [0.15, 0.2) is 0 Å². The van der Waals surface area contributed by atoms with Crippen LogP contribution >= 0.6 is 0 Å². The van der Waals surface area contributed by atoms with E-state index in [2.05, 4.69) is 5.43 Å². The molecule has 0 radical (unpaired) electrons. The molecule has 1 amide bonds. The molecule has 1 heterocycles. The monoisotopic (exact) mass is 205 g/mol. The van der Waals surface area contributed by atoms with Gasteiger partial charge in [-0.1, -0.05) is 0 Å². The van der Waals surface area contributed by atoms with E-state index in [4.69, 9.17) is 5.73 Å². The first-order valence-electron chi connectivity index (χ1n) is 5.18. The summed E-state index contributed by atoms with van der Waals surface area (Å²) in [7, 11) is 0. The van der Waals surface area contributed by atoms with E-state index in [9.17, 15) is 4.79 Å². The fourth-order valence-corrected chi connectivity index (χ4v) is 1.64. The third-order valence-electron chi connectivity index (χ3n) is 2.51. The van der Waals surface area contributed by atoms with Crippen LogP contribution in [0.1, 0.15) is 23.2 Å². The second-order valence-electron chi connectivity index (χ2n) is 3.69. The first-order valence-corrected chi connectivity index (χ1v) is 5.18. The van der Waals surface area contributed by atoms with Crippen LogP contribution in [0.3, 0.4) is 0 Å². The molecule has 0 aromatic heterocycles. The maximum atomic E-state index is 11.9. The highest BCUT2D eigenvalue weighted by molar-refractivity contribution is 5.94. The minimum absolute atomic E-state index is 0.0229. The van der Waals surface area contributed by atoms with Crippen molar-refractivity contribution in [1.29, 1.82) is 0 Å². The maximum Gasteiger partial charge on any atom is 0.267 e. The summed E-state index contributed by atoms with van der Waals surface area (Å²) in [4.78, 5) is 11.9. The predicted molar refractivity (Wildman–Crippen MR) is 59.1 cm³/mol. The summed E-state index contributed by atoms with van der Waals surface area (Å²) < 4.78 is 0. The number of benzene rings is 1. The average Bonchev–Trinajstić information content (AvgIpc) is 2.30. The average molecular weight is 205 g/mol. The number of carbonyl (C=O) groups excluding carboxylic acids is 1. The molecule has 1 aliphatic heterocycles. The van der Waals surface area contributed by atoms with Gasteiger partial charge in [0.05, 0.1) is 0 Å². The summed E-state index contributed by atoms with van der Waals surface area (Å²) in [5, 5.41) is 1.68. The van der Waals surface area contributed by atoms with E-state index in [1.54, 1.807) is 29.3 Å². The summed E-state index contributed by atoms with van der Waals surface area (Å²) in [5.41, 5.74) is 10.0. The van der Waals surface area contributed by atoms with E-state index in [1.807, 2.05) is 0 Å². The Labute approximate surface area is 89.0 Å². The zero-order chi connectivity index (χ0) is 10.7. The van der Waals surface area contributed by atoms with Crippen LogP contribution < -0.4 is 11.2 Å². The van der Waals surface area contributed by atoms with E-state index >= 15 is 0 Å². The van der Waals surface area contributed by atoms with Gasteiger partial charge in [0.25, 0.3) is 5.91 Å². The van der Waals surface area contributed by atoms with E-state index in [1.165, 1.54) is 0 Å². The van der Waals surface area contributed by atoms with Crippen LogP contribution in [0.25, 0.3) is 0 Å². The molecular weight excluding hydrogens is 190 g/mol. The Morgan fingerprint density at radius 1 is 1.27 bits per heavy atom. The van der Waals surface area contributed by atoms with Gasteiger partial charge in [0.2, 0.25) is 0 Å². The van der Waals surface area contributed by atoms with Crippen LogP contribution in [0.4, 0.5) is 5.69 Å². The molecule has 1 fully saturated rings. The zero-order valence-corrected chi connectivity index (χ0v) is 8.57. The second-order valence-corrected chi connectivity index (χ2v) is 3.69. The largest absolute Gasteiger partial charge is 0.399 e. The summed E-state index contributed by atoms with van der Waals surface area (Å²) in [6.45, 7) is 1.66. The highest BCUT2D eigenvalue weighted by Crippen LogP contribution is 2.09. The molecule has 0 atom stereocenters. The minimum atomic E-state index is 0.0229. The predicted octanol–water partition coefficient (Wildman–Crippen LogP) is 1.01. The number of rotatable bonds is 1. The number of nitrogens with zero attached hydrogens (tertiary/aromatic N) is 1. The Bertz CT molecular complexity index is 341. The van der Waals surface area contributed by atoms with Crippen molar-refractivity contribution in [3.05, 3.63) is 29.8 Å². The van der Waals surface area contributed by atoms with Gasteiger partial charge in [0.1, 0.15) is 0 Å². The van der Waals surface area contributed by atoms with Crippen molar-refractivity contribution >= 4 is 11.6 Å². The molecule has 1 aromatic rings. The van der Waals surface area contributed by atoms with Crippen LogP contribution in [0.15, 0.2) is 24.3 Å². The van der Waals surface area contributed by atoms with Gasteiger partial charge in [-0.05, 0) is 37.1 Å². The minimum Gasteiger partial charge on any atom is -0.399 e. The third kappa shape index (κ3) is 2.27. The lowest BCUT2D eigenvalue weighted by Crippen LogP contribution is -2.46. The van der Waals surface area contributed by atoms with Gasteiger partial charge >= 0.3 is 0 Å². The number of hydrogen-bond acceptors (Lipinski definition) is 3. The number of amides is 1. The highest BCUT2D eigenvalue weighted by Gasteiger charge is 2.17. The number of hydrogen-bond donors (Lipinski definition) is 2. The van der Waals surface area contributed by atoms with E-state index in [0.29, 0.717) is 11.3 Å². The van der Waals surface area contributed by atoms with Gasteiger partial charge in [-0.15, -0.1) is 0 Å². The summed E-state index contributed by atoms with van der Waals surface area (Å²) in [5.74, 6) is 0.0229. The highest BCUT2D eigenvalue weighted by atomic mass is 16.2. The molecular formula is C11H15N3O. The first-order chi connectivity index (χ1) is 7.27. The molecule has 0 unspecified atom stereocenters. The van der Waals surface area contributed by atoms with Crippen LogP contribution in [0.5, 0.6) is 0 Å². The van der Waals surface area contributed by atoms with Crippen LogP contribution in [-0.4, -0.2) is 24.0 Å². The molecule has 0 bridgehead atoms. The molecule has 1 aliphatic rings. The van der Waals surface area contributed by atoms with Gasteiger partial charge in [0, 0.05) is 24.3 Å². The SMILES string of the molecule is Nc1ccc(C(=O)N2CCCCN2)cc1. The molecule has 2 rings (SSSR count). The Morgan fingerprint density at radius 2 is 2.00 bits per heavy atom. The normalized spacial score (nSPS) is 16.4. The lowest BCUT2D eigenvalue weighted by molar-refractivity contribution is 0.0611. The molecule has 4 heteroatoms. The van der Waals surface area contributed by atoms with Crippen molar-refractivity contribution in [2.75, 3.05) is 18.8 Å². The Kier molecular flexibility index (Phi) is 2.87. The topological polar surface area (TPSA) is 58.4 Å². The molecule has 80 valence electrons. The number of hydrazine groups is 1. The molecule has 4 nitrogen and oxygen atoms in total. The van der Waals surface area contributed by atoms with Crippen molar-refractivity contribution in [2.45, 2.75) is 12.8 Å². The smallest absolute Gasteiger partial charge is 0.267 e.